The fourth-order valence-corrected chi connectivity index (χ4v) is 4.73. The minimum atomic E-state index is -0.670. The smallest absolute Gasteiger partial charge is 0.238 e. The van der Waals surface area contributed by atoms with Crippen LogP contribution in [0.1, 0.15) is 18.9 Å². The number of carbonyl (C=O) groups is 2. The van der Waals surface area contributed by atoms with Gasteiger partial charge in [0.15, 0.2) is 5.17 Å². The van der Waals surface area contributed by atoms with E-state index in [4.69, 9.17) is 16.3 Å². The van der Waals surface area contributed by atoms with E-state index in [0.717, 1.165) is 5.56 Å². The van der Waals surface area contributed by atoms with E-state index >= 15 is 0 Å². The average molecular weight is 512 g/mol. The van der Waals surface area contributed by atoms with Crippen molar-refractivity contribution < 1.29 is 18.7 Å². The first kappa shape index (κ1) is 24.8. The molecule has 1 heterocycles. The van der Waals surface area contributed by atoms with Crippen molar-refractivity contribution >= 4 is 51.7 Å². The monoisotopic (exact) mass is 511 g/mol. The number of amides is 2. The normalized spacial score (nSPS) is 16.9. The Morgan fingerprint density at radius 2 is 1.91 bits per heavy atom. The zero-order valence-corrected chi connectivity index (χ0v) is 20.5. The lowest BCUT2D eigenvalue weighted by Gasteiger charge is -2.32. The van der Waals surface area contributed by atoms with E-state index in [2.05, 4.69) is 10.3 Å². The maximum Gasteiger partial charge on any atom is 0.238 e. The lowest BCUT2D eigenvalue weighted by atomic mass is 10.2. The van der Waals surface area contributed by atoms with Crippen molar-refractivity contribution in [1.29, 1.82) is 0 Å². The van der Waals surface area contributed by atoms with Crippen LogP contribution in [0.4, 0.5) is 15.8 Å². The van der Waals surface area contributed by atoms with Crippen molar-refractivity contribution in [2.75, 3.05) is 11.9 Å². The number of nitrogens with one attached hydrogen (secondary N) is 1. The van der Waals surface area contributed by atoms with Crippen LogP contribution in [0.25, 0.3) is 0 Å². The van der Waals surface area contributed by atoms with E-state index in [9.17, 15) is 14.0 Å². The molecule has 1 saturated heterocycles. The first-order valence-electron chi connectivity index (χ1n) is 11.0. The molecule has 2 amide bonds. The predicted octanol–water partition coefficient (Wildman–Crippen LogP) is 6.04. The molecule has 1 N–H and O–H groups in total. The molecule has 0 radical (unpaired) electrons. The Hall–Kier alpha value is -3.36. The number of benzene rings is 3. The number of amidine groups is 1. The number of rotatable bonds is 7. The second-order valence-corrected chi connectivity index (χ2v) is 9.34. The van der Waals surface area contributed by atoms with Gasteiger partial charge in [0, 0.05) is 17.1 Å². The molecule has 35 heavy (non-hydrogen) atoms. The first-order valence-corrected chi connectivity index (χ1v) is 12.3. The van der Waals surface area contributed by atoms with Gasteiger partial charge in [0.05, 0.1) is 18.8 Å². The highest BCUT2D eigenvalue weighted by atomic mass is 35.5. The van der Waals surface area contributed by atoms with Crippen LogP contribution in [-0.4, -0.2) is 33.7 Å². The minimum Gasteiger partial charge on any atom is -0.494 e. The van der Waals surface area contributed by atoms with Crippen LogP contribution in [0.3, 0.4) is 0 Å². The van der Waals surface area contributed by atoms with Gasteiger partial charge < -0.3 is 10.1 Å². The van der Waals surface area contributed by atoms with Gasteiger partial charge in [-0.25, -0.2) is 9.38 Å². The van der Waals surface area contributed by atoms with Gasteiger partial charge in [-0.1, -0.05) is 41.6 Å². The second kappa shape index (κ2) is 11.4. The molecule has 3 aromatic rings. The van der Waals surface area contributed by atoms with Crippen LogP contribution in [0.15, 0.2) is 77.8 Å². The molecule has 0 bridgehead atoms. The maximum atomic E-state index is 13.4. The van der Waals surface area contributed by atoms with Crippen LogP contribution in [0, 0.1) is 5.82 Å². The number of anilines is 1. The summed E-state index contributed by atoms with van der Waals surface area (Å²) < 4.78 is 18.8. The van der Waals surface area contributed by atoms with Gasteiger partial charge in [-0.2, -0.15) is 0 Å². The maximum absolute atomic E-state index is 13.4. The number of ether oxygens (including phenoxy) is 1. The molecule has 0 saturated carbocycles. The molecule has 1 unspecified atom stereocenters. The molecule has 1 atom stereocenters. The Bertz CT molecular complexity index is 1240. The quantitative estimate of drug-likeness (QED) is 0.420. The third-order valence-corrected chi connectivity index (χ3v) is 6.57. The molecule has 0 spiro atoms. The number of hydrogen-bond acceptors (Lipinski definition) is 5. The molecule has 1 aliphatic rings. The van der Waals surface area contributed by atoms with Gasteiger partial charge in [0.2, 0.25) is 11.8 Å². The van der Waals surface area contributed by atoms with Gasteiger partial charge >= 0.3 is 0 Å². The number of carbonyl (C=O) groups excluding carboxylic acids is 2. The third-order valence-electron chi connectivity index (χ3n) is 5.15. The fourth-order valence-electron chi connectivity index (χ4n) is 3.45. The number of nitrogens with zero attached hydrogens (tertiary/aromatic N) is 2. The van der Waals surface area contributed by atoms with Crippen LogP contribution >= 0.6 is 23.4 Å². The molecular weight excluding hydrogens is 489 g/mol. The summed E-state index contributed by atoms with van der Waals surface area (Å²) >= 11 is 7.31. The molecule has 6 nitrogen and oxygen atoms in total. The second-order valence-electron chi connectivity index (χ2n) is 7.74. The Labute approximate surface area is 212 Å². The first-order chi connectivity index (χ1) is 16.9. The summed E-state index contributed by atoms with van der Waals surface area (Å²) in [5, 5.41) is 3.07. The molecule has 4 rings (SSSR count). The van der Waals surface area contributed by atoms with Crippen LogP contribution in [0.5, 0.6) is 5.75 Å². The van der Waals surface area contributed by atoms with E-state index in [1.165, 1.54) is 28.8 Å². The van der Waals surface area contributed by atoms with E-state index in [-0.39, 0.29) is 30.6 Å². The number of aliphatic imine (C=N–C) groups is 1. The van der Waals surface area contributed by atoms with E-state index in [1.807, 2.05) is 6.92 Å². The summed E-state index contributed by atoms with van der Waals surface area (Å²) in [5.41, 5.74) is 1.91. The van der Waals surface area contributed by atoms with Crippen LogP contribution < -0.4 is 10.1 Å². The van der Waals surface area contributed by atoms with E-state index < -0.39 is 5.25 Å². The van der Waals surface area contributed by atoms with Gasteiger partial charge in [0.25, 0.3) is 0 Å². The summed E-state index contributed by atoms with van der Waals surface area (Å²) in [6.45, 7) is 2.66. The van der Waals surface area contributed by atoms with Crippen molar-refractivity contribution in [3.63, 3.8) is 0 Å². The van der Waals surface area contributed by atoms with Crippen molar-refractivity contribution in [2.45, 2.75) is 25.1 Å². The average Bonchev–Trinajstić information content (AvgIpc) is 2.84. The van der Waals surface area contributed by atoms with Crippen molar-refractivity contribution in [2.24, 2.45) is 4.99 Å². The van der Waals surface area contributed by atoms with Crippen molar-refractivity contribution in [3.05, 3.63) is 89.2 Å². The van der Waals surface area contributed by atoms with Crippen molar-refractivity contribution in [1.82, 2.24) is 4.90 Å². The molecule has 3 aromatic carbocycles. The molecule has 9 heteroatoms. The molecule has 180 valence electrons. The Morgan fingerprint density at radius 3 is 2.60 bits per heavy atom. The summed E-state index contributed by atoms with van der Waals surface area (Å²) in [7, 11) is 0. The van der Waals surface area contributed by atoms with Crippen LogP contribution in [0.2, 0.25) is 5.02 Å². The highest BCUT2D eigenvalue weighted by Crippen LogP contribution is 2.31. The van der Waals surface area contributed by atoms with E-state index in [0.29, 0.717) is 33.9 Å². The number of thioether (sulfide) groups is 1. The Kier molecular flexibility index (Phi) is 8.05. The lowest BCUT2D eigenvalue weighted by Crippen LogP contribution is -2.44. The highest BCUT2D eigenvalue weighted by Gasteiger charge is 2.36. The van der Waals surface area contributed by atoms with Gasteiger partial charge in [-0.05, 0) is 67.1 Å². The summed E-state index contributed by atoms with van der Waals surface area (Å²) in [6, 6.07) is 19.9. The van der Waals surface area contributed by atoms with Crippen molar-refractivity contribution in [3.8, 4) is 5.75 Å². The van der Waals surface area contributed by atoms with Gasteiger partial charge in [-0.15, -0.1) is 0 Å². The number of halogens is 2. The standard InChI is InChI=1S/C26H23ClFN3O3S/c1-2-34-22-12-10-20(11-13-22)29-25(33)23-15-24(32)31(16-17-6-8-19(28)9-7-17)26(35-23)30-21-5-3-4-18(27)14-21/h3-14,23H,2,15-16H2,1H3,(H,29,33). The molecule has 1 fully saturated rings. The molecule has 1 aliphatic heterocycles. The van der Waals surface area contributed by atoms with E-state index in [1.54, 1.807) is 60.7 Å². The summed E-state index contributed by atoms with van der Waals surface area (Å²) in [5.74, 6) is -0.194. The summed E-state index contributed by atoms with van der Waals surface area (Å²) in [6.07, 6.45) is 0.00326. The SMILES string of the molecule is CCOc1ccc(NC(=O)C2CC(=O)N(Cc3ccc(F)cc3)C(=Nc3cccc(Cl)c3)S2)cc1. The Balaban J connectivity index is 1.56. The topological polar surface area (TPSA) is 71.0 Å². The molecule has 0 aromatic heterocycles. The summed E-state index contributed by atoms with van der Waals surface area (Å²) in [4.78, 5) is 32.3. The fraction of sp³-hybridized carbons (Fsp3) is 0.192. The zero-order valence-electron chi connectivity index (χ0n) is 18.9. The lowest BCUT2D eigenvalue weighted by molar-refractivity contribution is -0.129. The molecular formula is C26H23ClFN3O3S. The predicted molar refractivity (Wildman–Crippen MR) is 138 cm³/mol. The van der Waals surface area contributed by atoms with Gasteiger partial charge in [-0.3, -0.25) is 14.5 Å². The molecule has 0 aliphatic carbocycles. The zero-order chi connectivity index (χ0) is 24.8. The largest absolute Gasteiger partial charge is 0.494 e. The number of hydrogen-bond donors (Lipinski definition) is 1. The third kappa shape index (κ3) is 6.61. The Morgan fingerprint density at radius 1 is 1.17 bits per heavy atom. The minimum absolute atomic E-state index is 0.00326. The van der Waals surface area contributed by atoms with Crippen LogP contribution in [-0.2, 0) is 16.1 Å². The van der Waals surface area contributed by atoms with Gasteiger partial charge in [0.1, 0.15) is 16.8 Å². The highest BCUT2D eigenvalue weighted by molar-refractivity contribution is 8.15.